The quantitative estimate of drug-likeness (QED) is 0.844. The van der Waals surface area contributed by atoms with Gasteiger partial charge in [0.15, 0.2) is 5.03 Å². The number of rotatable bonds is 4. The third-order valence-corrected chi connectivity index (χ3v) is 6.52. The third-order valence-electron chi connectivity index (χ3n) is 4.48. The van der Waals surface area contributed by atoms with Crippen molar-refractivity contribution in [3.05, 3.63) is 12.3 Å². The van der Waals surface area contributed by atoms with Crippen molar-refractivity contribution in [2.45, 2.75) is 49.1 Å². The monoisotopic (exact) mass is 300 g/mol. The summed E-state index contributed by atoms with van der Waals surface area (Å²) in [5.74, 6) is 0. The van der Waals surface area contributed by atoms with Gasteiger partial charge in [-0.15, -0.1) is 0 Å². The molecule has 1 aliphatic carbocycles. The molecule has 0 spiro atoms. The van der Waals surface area contributed by atoms with Gasteiger partial charge in [-0.1, -0.05) is 25.7 Å². The molecule has 1 aromatic heterocycles. The van der Waals surface area contributed by atoms with Crippen LogP contribution in [0, 0.1) is 0 Å². The Kier molecular flexibility index (Phi) is 4.51. The molecule has 114 valence electrons. The van der Waals surface area contributed by atoms with Crippen molar-refractivity contribution in [2.24, 2.45) is 12.8 Å². The van der Waals surface area contributed by atoms with Gasteiger partial charge < -0.3 is 5.73 Å². The Balaban J connectivity index is 2.37. The zero-order valence-electron chi connectivity index (χ0n) is 12.2. The standard InChI is InChI=1S/C13H24N4O2S/c1-16-12(7-10-15-16)20(18,19)17(2)13(11-14)8-5-3-4-6-9-13/h7,10H,3-6,8-9,11,14H2,1-2H3. The van der Waals surface area contributed by atoms with Gasteiger partial charge in [-0.25, -0.2) is 8.42 Å². The first-order chi connectivity index (χ1) is 9.44. The molecular formula is C13H24N4O2S. The molecule has 0 atom stereocenters. The lowest BCUT2D eigenvalue weighted by Gasteiger charge is -2.39. The Morgan fingerprint density at radius 1 is 1.35 bits per heavy atom. The van der Waals surface area contributed by atoms with Gasteiger partial charge in [0.1, 0.15) is 0 Å². The van der Waals surface area contributed by atoms with Gasteiger partial charge >= 0.3 is 0 Å². The van der Waals surface area contributed by atoms with Crippen LogP contribution >= 0.6 is 0 Å². The van der Waals surface area contributed by atoms with Crippen LogP contribution in [-0.4, -0.2) is 41.6 Å². The first-order valence-electron chi connectivity index (χ1n) is 7.11. The second kappa shape index (κ2) is 5.83. The molecule has 0 amide bonds. The Hall–Kier alpha value is -0.920. The Labute approximate surface area is 121 Å². The maximum absolute atomic E-state index is 12.8. The molecule has 20 heavy (non-hydrogen) atoms. The molecule has 0 aromatic carbocycles. The maximum Gasteiger partial charge on any atom is 0.260 e. The lowest BCUT2D eigenvalue weighted by atomic mass is 9.90. The summed E-state index contributed by atoms with van der Waals surface area (Å²) in [7, 11) is -0.264. The summed E-state index contributed by atoms with van der Waals surface area (Å²) in [6, 6.07) is 1.53. The van der Waals surface area contributed by atoms with Crippen LogP contribution in [0.3, 0.4) is 0 Å². The van der Waals surface area contributed by atoms with Crippen LogP contribution in [0.25, 0.3) is 0 Å². The number of likely N-dealkylation sites (N-methyl/N-ethyl adjacent to an activating group) is 1. The third kappa shape index (κ3) is 2.62. The topological polar surface area (TPSA) is 81.2 Å². The summed E-state index contributed by atoms with van der Waals surface area (Å²) >= 11 is 0. The van der Waals surface area contributed by atoms with E-state index in [1.165, 1.54) is 21.3 Å². The fraction of sp³-hybridized carbons (Fsp3) is 0.769. The molecule has 0 saturated heterocycles. The van der Waals surface area contributed by atoms with Crippen LogP contribution in [0.15, 0.2) is 17.3 Å². The molecule has 2 N–H and O–H groups in total. The Morgan fingerprint density at radius 3 is 2.40 bits per heavy atom. The zero-order chi connectivity index (χ0) is 14.8. The van der Waals surface area contributed by atoms with E-state index in [-0.39, 0.29) is 5.03 Å². The highest BCUT2D eigenvalue weighted by molar-refractivity contribution is 7.89. The first kappa shape index (κ1) is 15.5. The zero-order valence-corrected chi connectivity index (χ0v) is 13.1. The van der Waals surface area contributed by atoms with Gasteiger partial charge in [-0.05, 0) is 18.9 Å². The van der Waals surface area contributed by atoms with Crippen LogP contribution in [0.4, 0.5) is 0 Å². The lowest BCUT2D eigenvalue weighted by molar-refractivity contribution is 0.195. The van der Waals surface area contributed by atoms with Gasteiger partial charge in [-0.2, -0.15) is 9.40 Å². The molecule has 0 aliphatic heterocycles. The molecule has 1 aliphatic rings. The second-order valence-electron chi connectivity index (χ2n) is 5.61. The first-order valence-corrected chi connectivity index (χ1v) is 8.55. The minimum absolute atomic E-state index is 0.220. The minimum Gasteiger partial charge on any atom is -0.329 e. The summed E-state index contributed by atoms with van der Waals surface area (Å²) in [4.78, 5) is 0. The van der Waals surface area contributed by atoms with Crippen molar-refractivity contribution in [3.63, 3.8) is 0 Å². The molecule has 6 nitrogen and oxygen atoms in total. The molecule has 1 heterocycles. The number of aryl methyl sites for hydroxylation is 1. The summed E-state index contributed by atoms with van der Waals surface area (Å²) in [6.07, 6.45) is 7.53. The van der Waals surface area contributed by atoms with Gasteiger partial charge in [0.2, 0.25) is 0 Å². The Bertz CT molecular complexity index is 544. The average Bonchev–Trinajstić information content (AvgIpc) is 2.73. The number of nitrogens with zero attached hydrogens (tertiary/aromatic N) is 3. The molecule has 2 rings (SSSR count). The largest absolute Gasteiger partial charge is 0.329 e. The maximum atomic E-state index is 12.8. The van der Waals surface area contributed by atoms with E-state index in [2.05, 4.69) is 5.10 Å². The average molecular weight is 300 g/mol. The number of nitrogens with two attached hydrogens (primary N) is 1. The van der Waals surface area contributed by atoms with E-state index in [9.17, 15) is 8.42 Å². The molecule has 0 unspecified atom stereocenters. The van der Waals surface area contributed by atoms with Gasteiger partial charge in [-0.3, -0.25) is 4.68 Å². The number of hydrogen-bond donors (Lipinski definition) is 1. The lowest BCUT2D eigenvalue weighted by Crippen LogP contribution is -2.54. The van der Waals surface area contributed by atoms with Crippen LogP contribution in [0.1, 0.15) is 38.5 Å². The highest BCUT2D eigenvalue weighted by atomic mass is 32.2. The van der Waals surface area contributed by atoms with Gasteiger partial charge in [0, 0.05) is 26.2 Å². The van der Waals surface area contributed by atoms with Gasteiger partial charge in [0.05, 0.1) is 6.20 Å². The van der Waals surface area contributed by atoms with Crippen molar-refractivity contribution in [2.75, 3.05) is 13.6 Å². The highest BCUT2D eigenvalue weighted by Crippen LogP contribution is 2.34. The molecule has 0 bridgehead atoms. The summed E-state index contributed by atoms with van der Waals surface area (Å²) in [5, 5.41) is 4.18. The van der Waals surface area contributed by atoms with Crippen LogP contribution in [0.5, 0.6) is 0 Å². The van der Waals surface area contributed by atoms with Crippen molar-refractivity contribution in [3.8, 4) is 0 Å². The number of aromatic nitrogens is 2. The second-order valence-corrected chi connectivity index (χ2v) is 7.52. The van der Waals surface area contributed by atoms with Crippen molar-refractivity contribution in [1.29, 1.82) is 0 Å². The summed E-state index contributed by atoms with van der Waals surface area (Å²) < 4.78 is 28.5. The molecule has 1 aromatic rings. The fourth-order valence-electron chi connectivity index (χ4n) is 3.04. The fourth-order valence-corrected chi connectivity index (χ4v) is 4.71. The predicted octanol–water partition coefficient (Wildman–Crippen LogP) is 1.09. The van der Waals surface area contributed by atoms with E-state index in [1.54, 1.807) is 14.1 Å². The Morgan fingerprint density at radius 2 is 1.95 bits per heavy atom. The molecule has 1 fully saturated rings. The van der Waals surface area contributed by atoms with Crippen LogP contribution in [0.2, 0.25) is 0 Å². The van der Waals surface area contributed by atoms with E-state index in [1.807, 2.05) is 0 Å². The van der Waals surface area contributed by atoms with E-state index in [4.69, 9.17) is 5.73 Å². The molecular weight excluding hydrogens is 276 g/mol. The van der Waals surface area contributed by atoms with E-state index >= 15 is 0 Å². The SMILES string of the molecule is CN(C1(CN)CCCCCC1)S(=O)(=O)c1ccnn1C. The van der Waals surface area contributed by atoms with Gasteiger partial charge in [0.25, 0.3) is 10.0 Å². The van der Waals surface area contributed by atoms with Crippen LogP contribution < -0.4 is 5.73 Å². The molecule has 0 radical (unpaired) electrons. The molecule has 7 heteroatoms. The van der Waals surface area contributed by atoms with Crippen molar-refractivity contribution >= 4 is 10.0 Å². The highest BCUT2D eigenvalue weighted by Gasteiger charge is 2.41. The number of hydrogen-bond acceptors (Lipinski definition) is 4. The van der Waals surface area contributed by atoms with Crippen LogP contribution in [-0.2, 0) is 17.1 Å². The normalized spacial score (nSPS) is 20.0. The van der Waals surface area contributed by atoms with Crippen molar-refractivity contribution in [1.82, 2.24) is 14.1 Å². The molecule has 1 saturated carbocycles. The van der Waals surface area contributed by atoms with E-state index in [0.29, 0.717) is 6.54 Å². The smallest absolute Gasteiger partial charge is 0.260 e. The number of sulfonamides is 1. The van der Waals surface area contributed by atoms with Crippen molar-refractivity contribution < 1.29 is 8.42 Å². The van der Waals surface area contributed by atoms with E-state index in [0.717, 1.165) is 38.5 Å². The summed E-state index contributed by atoms with van der Waals surface area (Å²) in [5.41, 5.74) is 5.51. The summed E-state index contributed by atoms with van der Waals surface area (Å²) in [6.45, 7) is 0.362. The predicted molar refractivity (Wildman–Crippen MR) is 77.6 cm³/mol. The minimum atomic E-state index is -3.56. The van der Waals surface area contributed by atoms with E-state index < -0.39 is 15.6 Å².